The third-order valence-electron chi connectivity index (χ3n) is 3.30. The molecule has 0 radical (unpaired) electrons. The van der Waals surface area contributed by atoms with Crippen LogP contribution in [0.2, 0.25) is 0 Å². The summed E-state index contributed by atoms with van der Waals surface area (Å²) in [5.74, 6) is -0.189. The molecule has 0 fully saturated rings. The fourth-order valence-electron chi connectivity index (χ4n) is 1.96. The lowest BCUT2D eigenvalue weighted by molar-refractivity contribution is 0.0988. The van der Waals surface area contributed by atoms with E-state index >= 15 is 0 Å². The van der Waals surface area contributed by atoms with Crippen molar-refractivity contribution in [2.45, 2.75) is 26.2 Å². The van der Waals surface area contributed by atoms with Crippen molar-refractivity contribution in [2.24, 2.45) is 0 Å². The number of carbonyl (C=O) groups excluding carboxylic acids is 1. The molecule has 0 spiro atoms. The van der Waals surface area contributed by atoms with Crippen LogP contribution in [0.3, 0.4) is 0 Å². The summed E-state index contributed by atoms with van der Waals surface area (Å²) in [6.07, 6.45) is 0. The molecule has 2 aromatic heterocycles. The number of hydrogen-bond acceptors (Lipinski definition) is 5. The molecule has 0 unspecified atom stereocenters. The van der Waals surface area contributed by atoms with Crippen LogP contribution in [0.5, 0.6) is 0 Å². The zero-order valence-corrected chi connectivity index (χ0v) is 14.0. The standard InChI is InChI=1S/C17H17N3O2S/c1-17(2,3)14-10-23-16(18-14)19-15(21)13-9-12(20-22-13)11-7-5-4-6-8-11/h4-10H,1-3H3,(H,18,19,21). The Kier molecular flexibility index (Phi) is 4.00. The Balaban J connectivity index is 1.74. The van der Waals surface area contributed by atoms with Gasteiger partial charge in [-0.25, -0.2) is 4.98 Å². The quantitative estimate of drug-likeness (QED) is 0.776. The zero-order chi connectivity index (χ0) is 16.4. The van der Waals surface area contributed by atoms with Crippen molar-refractivity contribution in [1.82, 2.24) is 10.1 Å². The van der Waals surface area contributed by atoms with Gasteiger partial charge in [-0.2, -0.15) is 0 Å². The van der Waals surface area contributed by atoms with Crippen LogP contribution < -0.4 is 5.32 Å². The largest absolute Gasteiger partial charge is 0.350 e. The Morgan fingerprint density at radius 1 is 1.22 bits per heavy atom. The Morgan fingerprint density at radius 2 is 1.96 bits per heavy atom. The lowest BCUT2D eigenvalue weighted by atomic mass is 9.93. The van der Waals surface area contributed by atoms with Crippen molar-refractivity contribution in [3.8, 4) is 11.3 Å². The molecule has 2 heterocycles. The van der Waals surface area contributed by atoms with E-state index in [1.165, 1.54) is 11.3 Å². The number of hydrogen-bond donors (Lipinski definition) is 1. The molecule has 0 atom stereocenters. The van der Waals surface area contributed by atoms with E-state index in [0.717, 1.165) is 11.3 Å². The molecule has 0 aliphatic heterocycles. The van der Waals surface area contributed by atoms with Gasteiger partial charge in [-0.1, -0.05) is 56.3 Å². The highest BCUT2D eigenvalue weighted by Crippen LogP contribution is 2.27. The second-order valence-corrected chi connectivity index (χ2v) is 7.04. The van der Waals surface area contributed by atoms with Gasteiger partial charge in [0.25, 0.3) is 5.91 Å². The second kappa shape index (κ2) is 5.96. The van der Waals surface area contributed by atoms with E-state index in [4.69, 9.17) is 4.52 Å². The molecule has 3 rings (SSSR count). The van der Waals surface area contributed by atoms with Crippen LogP contribution in [0, 0.1) is 0 Å². The minimum atomic E-state index is -0.352. The molecule has 0 aliphatic carbocycles. The van der Waals surface area contributed by atoms with Gasteiger partial charge in [-0.3, -0.25) is 10.1 Å². The molecule has 118 valence electrons. The van der Waals surface area contributed by atoms with Gasteiger partial charge < -0.3 is 4.52 Å². The van der Waals surface area contributed by atoms with Crippen LogP contribution in [0.25, 0.3) is 11.3 Å². The van der Waals surface area contributed by atoms with Crippen molar-refractivity contribution in [3.05, 3.63) is 53.2 Å². The normalized spacial score (nSPS) is 11.4. The van der Waals surface area contributed by atoms with Gasteiger partial charge in [0, 0.05) is 22.4 Å². The molecule has 23 heavy (non-hydrogen) atoms. The van der Waals surface area contributed by atoms with Gasteiger partial charge in [-0.15, -0.1) is 11.3 Å². The van der Waals surface area contributed by atoms with Crippen molar-refractivity contribution < 1.29 is 9.32 Å². The predicted molar refractivity (Wildman–Crippen MR) is 90.7 cm³/mol. The summed E-state index contributed by atoms with van der Waals surface area (Å²) < 4.78 is 5.14. The third kappa shape index (κ3) is 3.48. The minimum Gasteiger partial charge on any atom is -0.350 e. The predicted octanol–water partition coefficient (Wildman–Crippen LogP) is 4.35. The van der Waals surface area contributed by atoms with E-state index in [1.807, 2.05) is 35.7 Å². The van der Waals surface area contributed by atoms with Crippen LogP contribution in [0.4, 0.5) is 5.13 Å². The first-order valence-corrected chi connectivity index (χ1v) is 8.11. The van der Waals surface area contributed by atoms with E-state index in [1.54, 1.807) is 6.07 Å². The Hall–Kier alpha value is -2.47. The first kappa shape index (κ1) is 15.4. The number of nitrogens with zero attached hydrogens (tertiary/aromatic N) is 2. The average molecular weight is 327 g/mol. The van der Waals surface area contributed by atoms with E-state index in [0.29, 0.717) is 10.8 Å². The number of thiazole rings is 1. The smallest absolute Gasteiger partial charge is 0.296 e. The van der Waals surface area contributed by atoms with Gasteiger partial charge in [-0.05, 0) is 0 Å². The fourth-order valence-corrected chi connectivity index (χ4v) is 2.89. The highest BCUT2D eigenvalue weighted by molar-refractivity contribution is 7.14. The number of amides is 1. The highest BCUT2D eigenvalue weighted by atomic mass is 32.1. The Bertz CT molecular complexity index is 816. The summed E-state index contributed by atoms with van der Waals surface area (Å²) >= 11 is 1.40. The summed E-state index contributed by atoms with van der Waals surface area (Å²) in [6.45, 7) is 6.24. The summed E-state index contributed by atoms with van der Waals surface area (Å²) in [7, 11) is 0. The Labute approximate surface area is 138 Å². The monoisotopic (exact) mass is 327 g/mol. The molecular weight excluding hydrogens is 310 g/mol. The van der Waals surface area contributed by atoms with E-state index in [-0.39, 0.29) is 17.1 Å². The molecule has 6 heteroatoms. The number of nitrogens with one attached hydrogen (secondary N) is 1. The highest BCUT2D eigenvalue weighted by Gasteiger charge is 2.20. The summed E-state index contributed by atoms with van der Waals surface area (Å²) in [4.78, 5) is 16.7. The minimum absolute atomic E-state index is 0.0494. The molecule has 3 aromatic rings. The van der Waals surface area contributed by atoms with Crippen LogP contribution in [0.1, 0.15) is 37.0 Å². The summed E-state index contributed by atoms with van der Waals surface area (Å²) in [6, 6.07) is 11.2. The van der Waals surface area contributed by atoms with E-state index in [2.05, 4.69) is 36.2 Å². The topological polar surface area (TPSA) is 68.0 Å². The summed E-state index contributed by atoms with van der Waals surface area (Å²) in [5, 5.41) is 9.19. The van der Waals surface area contributed by atoms with Gasteiger partial charge >= 0.3 is 0 Å². The van der Waals surface area contributed by atoms with Crippen LogP contribution in [-0.4, -0.2) is 16.0 Å². The lowest BCUT2D eigenvalue weighted by Gasteiger charge is -2.14. The molecule has 0 aliphatic rings. The van der Waals surface area contributed by atoms with Gasteiger partial charge in [0.2, 0.25) is 5.76 Å². The SMILES string of the molecule is CC(C)(C)c1csc(NC(=O)c2cc(-c3ccccc3)no2)n1. The van der Waals surface area contributed by atoms with Crippen molar-refractivity contribution in [1.29, 1.82) is 0 Å². The molecule has 0 saturated heterocycles. The maximum atomic E-state index is 12.2. The first-order valence-electron chi connectivity index (χ1n) is 7.23. The number of benzene rings is 1. The maximum absolute atomic E-state index is 12.2. The molecular formula is C17H17N3O2S. The van der Waals surface area contributed by atoms with Crippen LogP contribution >= 0.6 is 11.3 Å². The van der Waals surface area contributed by atoms with Crippen molar-refractivity contribution >= 4 is 22.4 Å². The molecule has 1 amide bonds. The average Bonchev–Trinajstić information content (AvgIpc) is 3.16. The number of aromatic nitrogens is 2. The molecule has 0 bridgehead atoms. The molecule has 0 saturated carbocycles. The van der Waals surface area contributed by atoms with E-state index < -0.39 is 0 Å². The first-order chi connectivity index (χ1) is 10.9. The molecule has 1 aromatic carbocycles. The maximum Gasteiger partial charge on any atom is 0.296 e. The fraction of sp³-hybridized carbons (Fsp3) is 0.235. The zero-order valence-electron chi connectivity index (χ0n) is 13.2. The molecule has 5 nitrogen and oxygen atoms in total. The molecule has 1 N–H and O–H groups in total. The third-order valence-corrected chi connectivity index (χ3v) is 4.05. The van der Waals surface area contributed by atoms with Crippen molar-refractivity contribution in [3.63, 3.8) is 0 Å². The van der Waals surface area contributed by atoms with Gasteiger partial charge in [0.05, 0.1) is 5.69 Å². The number of anilines is 1. The number of rotatable bonds is 3. The lowest BCUT2D eigenvalue weighted by Crippen LogP contribution is -2.13. The van der Waals surface area contributed by atoms with Crippen LogP contribution in [0.15, 0.2) is 46.3 Å². The Morgan fingerprint density at radius 3 is 2.61 bits per heavy atom. The number of carbonyl (C=O) groups is 1. The van der Waals surface area contributed by atoms with Crippen LogP contribution in [-0.2, 0) is 5.41 Å². The summed E-state index contributed by atoms with van der Waals surface area (Å²) in [5.41, 5.74) is 2.43. The van der Waals surface area contributed by atoms with Gasteiger partial charge in [0.1, 0.15) is 5.69 Å². The van der Waals surface area contributed by atoms with Crippen molar-refractivity contribution in [2.75, 3.05) is 5.32 Å². The van der Waals surface area contributed by atoms with Gasteiger partial charge in [0.15, 0.2) is 5.13 Å². The second-order valence-electron chi connectivity index (χ2n) is 6.18. The van der Waals surface area contributed by atoms with E-state index in [9.17, 15) is 4.79 Å².